The average Bonchev–Trinajstić information content (AvgIpc) is 3.03. The molecule has 0 spiro atoms. The van der Waals surface area contributed by atoms with Gasteiger partial charge in [0.15, 0.2) is 4.96 Å². The van der Waals surface area contributed by atoms with Gasteiger partial charge in [-0.25, -0.2) is 4.98 Å². The fourth-order valence-electron chi connectivity index (χ4n) is 2.92. The maximum Gasteiger partial charge on any atom is 0.259 e. The predicted octanol–water partition coefficient (Wildman–Crippen LogP) is 4.02. The van der Waals surface area contributed by atoms with Crippen molar-refractivity contribution >= 4 is 27.9 Å². The molecule has 0 atom stereocenters. The number of carbonyl (C=O) groups excluding carboxylic acids is 1. The van der Waals surface area contributed by atoms with E-state index in [2.05, 4.69) is 10.3 Å². The Morgan fingerprint density at radius 3 is 2.78 bits per heavy atom. The molecule has 142 valence electrons. The van der Waals surface area contributed by atoms with Gasteiger partial charge in [-0.05, 0) is 31.9 Å². The van der Waals surface area contributed by atoms with Crippen molar-refractivity contribution in [3.05, 3.63) is 57.5 Å². The number of aromatic nitrogens is 2. The summed E-state index contributed by atoms with van der Waals surface area (Å²) in [6.45, 7) is 6.04. The summed E-state index contributed by atoms with van der Waals surface area (Å²) in [5, 5.41) is 4.84. The van der Waals surface area contributed by atoms with Crippen molar-refractivity contribution in [2.24, 2.45) is 5.92 Å². The summed E-state index contributed by atoms with van der Waals surface area (Å²) in [6.07, 6.45) is 1.58. The standard InChI is InChI=1S/C20H23N3O3S/c1-4-14(5-2)19(25)22-16-8-6-7-9-17(16)26-11-15-10-18(24)23-13(3)12-27-20(23)21-15/h6-10,12,14H,4-5,11H2,1-3H3,(H,22,25). The zero-order chi connectivity index (χ0) is 19.4. The number of amides is 1. The molecular weight excluding hydrogens is 362 g/mol. The maximum absolute atomic E-state index is 12.4. The van der Waals surface area contributed by atoms with Gasteiger partial charge in [0.25, 0.3) is 5.56 Å². The highest BCUT2D eigenvalue weighted by Gasteiger charge is 2.16. The number of benzene rings is 1. The molecule has 0 aliphatic carbocycles. The van der Waals surface area contributed by atoms with Gasteiger partial charge in [0.1, 0.15) is 12.4 Å². The Labute approximate surface area is 161 Å². The first-order valence-electron chi connectivity index (χ1n) is 9.03. The highest BCUT2D eigenvalue weighted by atomic mass is 32.1. The number of nitrogens with one attached hydrogen (secondary N) is 1. The second kappa shape index (κ2) is 8.35. The molecule has 1 amide bonds. The summed E-state index contributed by atoms with van der Waals surface area (Å²) in [5.74, 6) is 0.522. The number of thiazole rings is 1. The summed E-state index contributed by atoms with van der Waals surface area (Å²) in [6, 6.07) is 8.78. The van der Waals surface area contributed by atoms with Gasteiger partial charge in [-0.15, -0.1) is 11.3 Å². The minimum atomic E-state index is -0.118. The largest absolute Gasteiger partial charge is 0.485 e. The van der Waals surface area contributed by atoms with E-state index in [1.165, 1.54) is 17.4 Å². The van der Waals surface area contributed by atoms with Crippen LogP contribution in [0.1, 0.15) is 38.1 Å². The number of rotatable bonds is 7. The van der Waals surface area contributed by atoms with Crippen molar-refractivity contribution in [3.63, 3.8) is 0 Å². The SMILES string of the molecule is CCC(CC)C(=O)Nc1ccccc1OCc1cc(=O)n2c(C)csc2n1. The van der Waals surface area contributed by atoms with Crippen LogP contribution in [0.5, 0.6) is 5.75 Å². The normalized spacial score (nSPS) is 11.1. The van der Waals surface area contributed by atoms with Crippen molar-refractivity contribution in [2.45, 2.75) is 40.2 Å². The zero-order valence-corrected chi connectivity index (χ0v) is 16.5. The molecule has 0 saturated heterocycles. The topological polar surface area (TPSA) is 72.7 Å². The fraction of sp³-hybridized carbons (Fsp3) is 0.350. The van der Waals surface area contributed by atoms with E-state index in [-0.39, 0.29) is 24.0 Å². The van der Waals surface area contributed by atoms with Crippen LogP contribution in [-0.2, 0) is 11.4 Å². The van der Waals surface area contributed by atoms with E-state index in [1.807, 2.05) is 44.4 Å². The Balaban J connectivity index is 1.77. The number of fused-ring (bicyclic) bond motifs is 1. The van der Waals surface area contributed by atoms with Crippen LogP contribution in [0.15, 0.2) is 40.5 Å². The number of hydrogen-bond donors (Lipinski definition) is 1. The van der Waals surface area contributed by atoms with Crippen LogP contribution in [0.4, 0.5) is 5.69 Å². The fourth-order valence-corrected chi connectivity index (χ4v) is 3.81. The number of hydrogen-bond acceptors (Lipinski definition) is 5. The van der Waals surface area contributed by atoms with E-state index in [4.69, 9.17) is 4.74 Å². The molecule has 0 saturated carbocycles. The molecule has 0 bridgehead atoms. The van der Waals surface area contributed by atoms with Crippen LogP contribution >= 0.6 is 11.3 Å². The molecule has 7 heteroatoms. The smallest absolute Gasteiger partial charge is 0.259 e. The van der Waals surface area contributed by atoms with Gasteiger partial charge < -0.3 is 10.1 Å². The van der Waals surface area contributed by atoms with Crippen LogP contribution in [0.3, 0.4) is 0 Å². The average molecular weight is 385 g/mol. The van der Waals surface area contributed by atoms with Crippen molar-refractivity contribution < 1.29 is 9.53 Å². The van der Waals surface area contributed by atoms with Crippen molar-refractivity contribution in [3.8, 4) is 5.75 Å². The Hall–Kier alpha value is -2.67. The van der Waals surface area contributed by atoms with Crippen molar-refractivity contribution in [1.29, 1.82) is 0 Å². The Bertz CT molecular complexity index is 1010. The lowest BCUT2D eigenvalue weighted by atomic mass is 10.0. The molecule has 0 radical (unpaired) electrons. The molecule has 1 aromatic carbocycles. The van der Waals surface area contributed by atoms with Gasteiger partial charge in [-0.1, -0.05) is 26.0 Å². The number of anilines is 1. The second-order valence-electron chi connectivity index (χ2n) is 6.37. The number of para-hydroxylation sites is 2. The minimum absolute atomic E-state index is 0.0112. The van der Waals surface area contributed by atoms with E-state index in [1.54, 1.807) is 10.5 Å². The van der Waals surface area contributed by atoms with E-state index in [9.17, 15) is 9.59 Å². The molecule has 3 rings (SSSR count). The monoisotopic (exact) mass is 385 g/mol. The highest BCUT2D eigenvalue weighted by Crippen LogP contribution is 2.26. The molecular formula is C20H23N3O3S. The molecule has 2 aromatic heterocycles. The lowest BCUT2D eigenvalue weighted by molar-refractivity contribution is -0.120. The third-order valence-corrected chi connectivity index (χ3v) is 5.45. The van der Waals surface area contributed by atoms with E-state index >= 15 is 0 Å². The minimum Gasteiger partial charge on any atom is -0.485 e. The lowest BCUT2D eigenvalue weighted by Crippen LogP contribution is -2.22. The quantitative estimate of drug-likeness (QED) is 0.667. The van der Waals surface area contributed by atoms with Gasteiger partial charge in [0, 0.05) is 23.1 Å². The maximum atomic E-state index is 12.4. The summed E-state index contributed by atoms with van der Waals surface area (Å²) < 4.78 is 7.44. The highest BCUT2D eigenvalue weighted by molar-refractivity contribution is 7.15. The van der Waals surface area contributed by atoms with Crippen LogP contribution < -0.4 is 15.6 Å². The summed E-state index contributed by atoms with van der Waals surface area (Å²) in [5.41, 5.74) is 1.93. The third-order valence-electron chi connectivity index (χ3n) is 4.51. The summed E-state index contributed by atoms with van der Waals surface area (Å²) in [7, 11) is 0. The second-order valence-corrected chi connectivity index (χ2v) is 7.20. The van der Waals surface area contributed by atoms with Crippen molar-refractivity contribution in [1.82, 2.24) is 9.38 Å². The Morgan fingerprint density at radius 1 is 1.30 bits per heavy atom. The number of aryl methyl sites for hydroxylation is 1. The van der Waals surface area contributed by atoms with Crippen LogP contribution in [0, 0.1) is 12.8 Å². The zero-order valence-electron chi connectivity index (χ0n) is 15.7. The van der Waals surface area contributed by atoms with E-state index in [0.717, 1.165) is 18.5 Å². The van der Waals surface area contributed by atoms with Gasteiger partial charge in [-0.3, -0.25) is 14.0 Å². The van der Waals surface area contributed by atoms with Crippen molar-refractivity contribution in [2.75, 3.05) is 5.32 Å². The summed E-state index contributed by atoms with van der Waals surface area (Å²) >= 11 is 1.42. The van der Waals surface area contributed by atoms with Crippen LogP contribution in [0.2, 0.25) is 0 Å². The van der Waals surface area contributed by atoms with Gasteiger partial charge in [0.2, 0.25) is 5.91 Å². The molecule has 2 heterocycles. The van der Waals surface area contributed by atoms with E-state index in [0.29, 0.717) is 22.1 Å². The molecule has 1 N–H and O–H groups in total. The molecule has 3 aromatic rings. The first kappa shape index (κ1) is 19.1. The number of ether oxygens (including phenoxy) is 1. The van der Waals surface area contributed by atoms with Gasteiger partial charge >= 0.3 is 0 Å². The third kappa shape index (κ3) is 4.19. The summed E-state index contributed by atoms with van der Waals surface area (Å²) in [4.78, 5) is 29.8. The number of carbonyl (C=O) groups is 1. The van der Waals surface area contributed by atoms with Crippen LogP contribution in [-0.4, -0.2) is 15.3 Å². The predicted molar refractivity (Wildman–Crippen MR) is 108 cm³/mol. The molecule has 0 aliphatic rings. The first-order chi connectivity index (χ1) is 13.0. The molecule has 0 aliphatic heterocycles. The van der Waals surface area contributed by atoms with Gasteiger partial charge in [-0.2, -0.15) is 0 Å². The molecule has 0 fully saturated rings. The number of nitrogens with zero attached hydrogens (tertiary/aromatic N) is 2. The molecule has 0 unspecified atom stereocenters. The Morgan fingerprint density at radius 2 is 2.04 bits per heavy atom. The molecule has 27 heavy (non-hydrogen) atoms. The first-order valence-corrected chi connectivity index (χ1v) is 9.90. The Kier molecular flexibility index (Phi) is 5.91. The van der Waals surface area contributed by atoms with Gasteiger partial charge in [0.05, 0.1) is 11.4 Å². The molecule has 6 nitrogen and oxygen atoms in total. The van der Waals surface area contributed by atoms with Crippen LogP contribution in [0.25, 0.3) is 4.96 Å². The lowest BCUT2D eigenvalue weighted by Gasteiger charge is -2.16. The van der Waals surface area contributed by atoms with E-state index < -0.39 is 0 Å².